The van der Waals surface area contributed by atoms with Crippen LogP contribution < -0.4 is 25.6 Å². The second-order valence-corrected chi connectivity index (χ2v) is 8.13. The largest absolute Gasteiger partial charge is 0.454 e. The third-order valence-corrected chi connectivity index (χ3v) is 6.04. The van der Waals surface area contributed by atoms with Gasteiger partial charge in [-0.1, -0.05) is 12.1 Å². The Morgan fingerprint density at radius 2 is 2.07 bits per heavy atom. The van der Waals surface area contributed by atoms with Crippen LogP contribution in [0.3, 0.4) is 0 Å². The first kappa shape index (κ1) is 18.7. The van der Waals surface area contributed by atoms with Gasteiger partial charge in [0, 0.05) is 43.3 Å². The summed E-state index contributed by atoms with van der Waals surface area (Å²) in [4.78, 5) is 2.53. The molecule has 0 radical (unpaired) electrons. The minimum absolute atomic E-state index is 0.132. The Bertz CT molecular complexity index is 864. The van der Waals surface area contributed by atoms with Crippen LogP contribution in [0.2, 0.25) is 0 Å². The van der Waals surface area contributed by atoms with Crippen LogP contribution >= 0.6 is 0 Å². The maximum atomic E-state index is 13.7. The van der Waals surface area contributed by atoms with E-state index in [9.17, 15) is 4.39 Å². The first-order valence-electron chi connectivity index (χ1n) is 10.4. The van der Waals surface area contributed by atoms with Gasteiger partial charge in [-0.05, 0) is 49.2 Å². The lowest BCUT2D eigenvalue weighted by Crippen LogP contribution is -2.45. The van der Waals surface area contributed by atoms with Crippen molar-refractivity contribution in [3.63, 3.8) is 0 Å². The number of ether oxygens (including phenoxy) is 2. The molecule has 3 aliphatic rings. The molecule has 0 bridgehead atoms. The van der Waals surface area contributed by atoms with Gasteiger partial charge in [-0.25, -0.2) is 9.82 Å². The number of fused-ring (bicyclic) bond motifs is 1. The summed E-state index contributed by atoms with van der Waals surface area (Å²) in [6.07, 6.45) is 2.32. The van der Waals surface area contributed by atoms with Gasteiger partial charge < -0.3 is 19.7 Å². The molecule has 3 heterocycles. The molecular formula is C22H27FN4O2. The molecule has 5 rings (SSSR count). The summed E-state index contributed by atoms with van der Waals surface area (Å²) in [6, 6.07) is 13.5. The van der Waals surface area contributed by atoms with Crippen LogP contribution in [0.4, 0.5) is 10.1 Å². The van der Waals surface area contributed by atoms with Crippen LogP contribution in [0.15, 0.2) is 42.5 Å². The number of hydrazine groups is 1. The average Bonchev–Trinajstić information content (AvgIpc) is 3.37. The lowest BCUT2D eigenvalue weighted by atomic mass is 9.93. The zero-order chi connectivity index (χ0) is 19.6. The highest BCUT2D eigenvalue weighted by atomic mass is 19.1. The van der Waals surface area contributed by atoms with E-state index in [1.807, 2.05) is 18.2 Å². The number of benzene rings is 2. The molecule has 2 aromatic rings. The molecular weight excluding hydrogens is 371 g/mol. The van der Waals surface area contributed by atoms with Gasteiger partial charge in [0.05, 0.1) is 6.04 Å². The van der Waals surface area contributed by atoms with Crippen molar-refractivity contribution >= 4 is 5.69 Å². The topological polar surface area (TPSA) is 57.8 Å². The fourth-order valence-electron chi connectivity index (χ4n) is 4.65. The number of hydrogen-bond donors (Lipinski definition) is 3. The molecule has 154 valence electrons. The molecule has 3 aliphatic heterocycles. The normalized spacial score (nSPS) is 26.6. The summed E-state index contributed by atoms with van der Waals surface area (Å²) < 4.78 is 24.5. The predicted molar refractivity (Wildman–Crippen MR) is 109 cm³/mol. The SMILES string of the molecule is Fc1cccc(C2NNCC2CN2CCCC(Nc3ccc4c(c3)OCO4)C2)c1. The van der Waals surface area contributed by atoms with E-state index >= 15 is 0 Å². The van der Waals surface area contributed by atoms with Crippen molar-refractivity contribution in [2.75, 3.05) is 38.3 Å². The van der Waals surface area contributed by atoms with Crippen molar-refractivity contribution in [3.05, 3.63) is 53.8 Å². The highest BCUT2D eigenvalue weighted by Crippen LogP contribution is 2.35. The Labute approximate surface area is 170 Å². The number of likely N-dealkylation sites (tertiary alicyclic amines) is 1. The van der Waals surface area contributed by atoms with Crippen molar-refractivity contribution in [2.45, 2.75) is 24.9 Å². The van der Waals surface area contributed by atoms with Crippen molar-refractivity contribution in [3.8, 4) is 11.5 Å². The Hall–Kier alpha value is -2.35. The summed E-state index contributed by atoms with van der Waals surface area (Å²) in [5, 5.41) is 3.66. The average molecular weight is 398 g/mol. The van der Waals surface area contributed by atoms with E-state index in [0.717, 1.165) is 55.3 Å². The summed E-state index contributed by atoms with van der Waals surface area (Å²) in [5.41, 5.74) is 8.67. The van der Waals surface area contributed by atoms with Crippen molar-refractivity contribution in [1.82, 2.24) is 15.8 Å². The molecule has 0 saturated carbocycles. The number of nitrogens with zero attached hydrogens (tertiary/aromatic N) is 1. The van der Waals surface area contributed by atoms with E-state index in [2.05, 4.69) is 27.1 Å². The van der Waals surface area contributed by atoms with Crippen LogP contribution in [0.25, 0.3) is 0 Å². The minimum Gasteiger partial charge on any atom is -0.454 e. The number of nitrogens with one attached hydrogen (secondary N) is 3. The minimum atomic E-state index is -0.180. The van der Waals surface area contributed by atoms with Crippen LogP contribution in [0, 0.1) is 11.7 Å². The summed E-state index contributed by atoms with van der Waals surface area (Å²) in [5.74, 6) is 1.84. The first-order valence-corrected chi connectivity index (χ1v) is 10.4. The van der Waals surface area contributed by atoms with Crippen LogP contribution in [-0.2, 0) is 0 Å². The predicted octanol–water partition coefficient (Wildman–Crippen LogP) is 2.90. The second kappa shape index (κ2) is 8.18. The molecule has 3 N–H and O–H groups in total. The molecule has 29 heavy (non-hydrogen) atoms. The molecule has 6 nitrogen and oxygen atoms in total. The number of halogens is 1. The summed E-state index contributed by atoms with van der Waals surface area (Å²) in [7, 11) is 0. The first-order chi connectivity index (χ1) is 14.2. The molecule has 0 spiro atoms. The standard InChI is InChI=1S/C22H27FN4O2/c23-17-4-1-3-15(9-17)22-16(11-24-26-22)12-27-8-2-5-19(13-27)25-18-6-7-20-21(10-18)29-14-28-20/h1,3-4,6-7,9-10,16,19,22,24-26H,2,5,8,11-14H2. The molecule has 0 amide bonds. The molecule has 2 saturated heterocycles. The molecule has 3 atom stereocenters. The number of rotatable bonds is 5. The third-order valence-electron chi connectivity index (χ3n) is 6.04. The van der Waals surface area contributed by atoms with Gasteiger partial charge in [0.1, 0.15) is 5.82 Å². The van der Waals surface area contributed by atoms with Gasteiger partial charge in [0.2, 0.25) is 6.79 Å². The van der Waals surface area contributed by atoms with Crippen molar-refractivity contribution in [1.29, 1.82) is 0 Å². The molecule has 0 aliphatic carbocycles. The zero-order valence-electron chi connectivity index (χ0n) is 16.4. The fourth-order valence-corrected chi connectivity index (χ4v) is 4.65. The van der Waals surface area contributed by atoms with E-state index in [-0.39, 0.29) is 11.9 Å². The smallest absolute Gasteiger partial charge is 0.231 e. The fraction of sp³-hybridized carbons (Fsp3) is 0.455. The summed E-state index contributed by atoms with van der Waals surface area (Å²) in [6.45, 7) is 4.27. The summed E-state index contributed by atoms with van der Waals surface area (Å²) >= 11 is 0. The van der Waals surface area contributed by atoms with Crippen molar-refractivity contribution in [2.24, 2.45) is 5.92 Å². The van der Waals surface area contributed by atoms with Crippen LogP contribution in [-0.4, -0.2) is 43.9 Å². The molecule has 7 heteroatoms. The van der Waals surface area contributed by atoms with Crippen molar-refractivity contribution < 1.29 is 13.9 Å². The van der Waals surface area contributed by atoms with Gasteiger partial charge in [0.15, 0.2) is 11.5 Å². The Morgan fingerprint density at radius 3 is 3.00 bits per heavy atom. The van der Waals surface area contributed by atoms with Gasteiger partial charge in [0.25, 0.3) is 0 Å². The number of hydrogen-bond acceptors (Lipinski definition) is 6. The van der Waals surface area contributed by atoms with Gasteiger partial charge in [-0.15, -0.1) is 0 Å². The van der Waals surface area contributed by atoms with E-state index in [1.54, 1.807) is 12.1 Å². The Balaban J connectivity index is 1.20. The maximum Gasteiger partial charge on any atom is 0.231 e. The number of piperidine rings is 1. The zero-order valence-corrected chi connectivity index (χ0v) is 16.4. The van der Waals surface area contributed by atoms with E-state index < -0.39 is 0 Å². The van der Waals surface area contributed by atoms with Crippen LogP contribution in [0.5, 0.6) is 11.5 Å². The second-order valence-electron chi connectivity index (χ2n) is 8.13. The number of anilines is 1. The molecule has 2 aromatic carbocycles. The third kappa shape index (κ3) is 4.17. The van der Waals surface area contributed by atoms with E-state index in [0.29, 0.717) is 18.8 Å². The van der Waals surface area contributed by atoms with Gasteiger partial charge >= 0.3 is 0 Å². The lowest BCUT2D eigenvalue weighted by Gasteiger charge is -2.36. The Kier molecular flexibility index (Phi) is 5.26. The molecule has 3 unspecified atom stereocenters. The van der Waals surface area contributed by atoms with E-state index in [4.69, 9.17) is 9.47 Å². The highest BCUT2D eigenvalue weighted by molar-refractivity contribution is 5.56. The quantitative estimate of drug-likeness (QED) is 0.720. The molecule has 0 aromatic heterocycles. The highest BCUT2D eigenvalue weighted by Gasteiger charge is 2.31. The van der Waals surface area contributed by atoms with Gasteiger partial charge in [-0.2, -0.15) is 0 Å². The van der Waals surface area contributed by atoms with Gasteiger partial charge in [-0.3, -0.25) is 5.43 Å². The molecule has 2 fully saturated rings. The lowest BCUT2D eigenvalue weighted by molar-refractivity contribution is 0.174. The van der Waals surface area contributed by atoms with E-state index in [1.165, 1.54) is 12.5 Å². The monoisotopic (exact) mass is 398 g/mol. The Morgan fingerprint density at radius 1 is 1.14 bits per heavy atom. The van der Waals surface area contributed by atoms with Crippen LogP contribution in [0.1, 0.15) is 24.4 Å². The maximum absolute atomic E-state index is 13.7.